The molecule has 0 radical (unpaired) electrons. The lowest BCUT2D eigenvalue weighted by molar-refractivity contribution is 0.209. The molecule has 4 rings (SSSR count). The number of aryl methyl sites for hydroxylation is 1. The molecule has 2 aromatic heterocycles. The van der Waals surface area contributed by atoms with Crippen molar-refractivity contribution in [1.82, 2.24) is 20.4 Å². The second kappa shape index (κ2) is 7.89. The number of hydrogen-bond donors (Lipinski definition) is 2. The van der Waals surface area contributed by atoms with Gasteiger partial charge in [-0.25, -0.2) is 0 Å². The molecule has 1 atom stereocenters. The van der Waals surface area contributed by atoms with Gasteiger partial charge in [0.05, 0.1) is 24.2 Å². The van der Waals surface area contributed by atoms with Crippen LogP contribution in [0.1, 0.15) is 35.8 Å². The molecule has 5 heteroatoms. The van der Waals surface area contributed by atoms with Crippen molar-refractivity contribution >= 4 is 0 Å². The molecule has 1 aliphatic heterocycles. The molecule has 0 amide bonds. The fourth-order valence-corrected chi connectivity index (χ4v) is 3.70. The van der Waals surface area contributed by atoms with Crippen molar-refractivity contribution in [2.24, 2.45) is 0 Å². The van der Waals surface area contributed by atoms with Gasteiger partial charge in [0.25, 0.3) is 0 Å². The molecule has 1 saturated heterocycles. The van der Waals surface area contributed by atoms with Crippen molar-refractivity contribution in [3.05, 3.63) is 65.7 Å². The molecule has 1 aromatic carbocycles. The van der Waals surface area contributed by atoms with Crippen LogP contribution in [0.15, 0.2) is 53.3 Å². The molecule has 0 spiro atoms. The number of rotatable bonds is 7. The average molecular weight is 350 g/mol. The number of likely N-dealkylation sites (tertiary alicyclic amines) is 1. The molecule has 0 aliphatic carbocycles. The van der Waals surface area contributed by atoms with Crippen molar-refractivity contribution < 1.29 is 4.42 Å². The summed E-state index contributed by atoms with van der Waals surface area (Å²) in [4.78, 5) is 2.52. The smallest absolute Gasteiger partial charge is 0.122 e. The van der Waals surface area contributed by atoms with Gasteiger partial charge in [-0.05, 0) is 50.6 Å². The second-order valence-electron chi connectivity index (χ2n) is 7.04. The van der Waals surface area contributed by atoms with Crippen LogP contribution in [0.4, 0.5) is 0 Å². The molecule has 26 heavy (non-hydrogen) atoms. The molecular weight excluding hydrogens is 324 g/mol. The SMILES string of the molecule is Cc1ccc(-c2[nH]ncc2CNCC(c2ccco2)N2CCCC2)cc1. The minimum Gasteiger partial charge on any atom is -0.468 e. The molecule has 0 saturated carbocycles. The zero-order valence-corrected chi connectivity index (χ0v) is 15.2. The third-order valence-corrected chi connectivity index (χ3v) is 5.16. The number of nitrogens with zero attached hydrogens (tertiary/aromatic N) is 2. The van der Waals surface area contributed by atoms with E-state index in [-0.39, 0.29) is 0 Å². The third-order valence-electron chi connectivity index (χ3n) is 5.16. The van der Waals surface area contributed by atoms with Crippen LogP contribution in [0.5, 0.6) is 0 Å². The Labute approximate surface area is 154 Å². The van der Waals surface area contributed by atoms with Gasteiger partial charge in [-0.15, -0.1) is 0 Å². The summed E-state index contributed by atoms with van der Waals surface area (Å²) in [5.41, 5.74) is 4.72. The van der Waals surface area contributed by atoms with Crippen molar-refractivity contribution in [3.8, 4) is 11.3 Å². The van der Waals surface area contributed by atoms with E-state index in [4.69, 9.17) is 4.42 Å². The largest absolute Gasteiger partial charge is 0.468 e. The van der Waals surface area contributed by atoms with E-state index in [0.29, 0.717) is 6.04 Å². The van der Waals surface area contributed by atoms with Gasteiger partial charge in [-0.2, -0.15) is 5.10 Å². The summed E-state index contributed by atoms with van der Waals surface area (Å²) in [5, 5.41) is 11.0. The van der Waals surface area contributed by atoms with Crippen LogP contribution < -0.4 is 5.32 Å². The highest BCUT2D eigenvalue weighted by atomic mass is 16.3. The van der Waals surface area contributed by atoms with E-state index in [1.807, 2.05) is 12.3 Å². The lowest BCUT2D eigenvalue weighted by Gasteiger charge is -2.26. The Bertz CT molecular complexity index is 801. The van der Waals surface area contributed by atoms with Crippen LogP contribution in [0.2, 0.25) is 0 Å². The summed E-state index contributed by atoms with van der Waals surface area (Å²) in [6, 6.07) is 12.9. The Morgan fingerprint density at radius 3 is 2.73 bits per heavy atom. The number of aromatic amines is 1. The summed E-state index contributed by atoms with van der Waals surface area (Å²) < 4.78 is 5.70. The van der Waals surface area contributed by atoms with E-state index >= 15 is 0 Å². The number of hydrogen-bond acceptors (Lipinski definition) is 4. The van der Waals surface area contributed by atoms with Crippen molar-refractivity contribution in [1.29, 1.82) is 0 Å². The molecule has 1 fully saturated rings. The second-order valence-corrected chi connectivity index (χ2v) is 7.04. The molecule has 3 aromatic rings. The standard InChI is InChI=1S/C21H26N4O/c1-16-6-8-17(9-7-16)21-18(14-23-24-21)13-22-15-19(20-5-4-12-26-20)25-10-2-3-11-25/h4-9,12,14,19,22H,2-3,10-11,13,15H2,1H3,(H,23,24). The number of benzene rings is 1. The molecule has 1 unspecified atom stereocenters. The summed E-state index contributed by atoms with van der Waals surface area (Å²) in [6.07, 6.45) is 6.23. The van der Waals surface area contributed by atoms with Gasteiger partial charge in [-0.1, -0.05) is 29.8 Å². The van der Waals surface area contributed by atoms with E-state index in [1.165, 1.54) is 29.5 Å². The Balaban J connectivity index is 1.42. The first kappa shape index (κ1) is 17.1. The summed E-state index contributed by atoms with van der Waals surface area (Å²) in [5.74, 6) is 1.05. The summed E-state index contributed by atoms with van der Waals surface area (Å²) in [6.45, 7) is 6.05. The number of furan rings is 1. The Kier molecular flexibility index (Phi) is 5.18. The molecule has 3 heterocycles. The minimum atomic E-state index is 0.294. The molecule has 0 bridgehead atoms. The molecule has 5 nitrogen and oxygen atoms in total. The van der Waals surface area contributed by atoms with Crippen molar-refractivity contribution in [2.45, 2.75) is 32.4 Å². The van der Waals surface area contributed by atoms with Crippen molar-refractivity contribution in [3.63, 3.8) is 0 Å². The quantitative estimate of drug-likeness (QED) is 0.678. The van der Waals surface area contributed by atoms with Crippen LogP contribution in [0, 0.1) is 6.92 Å². The predicted octanol–water partition coefficient (Wildman–Crippen LogP) is 3.90. The monoisotopic (exact) mass is 350 g/mol. The van der Waals surface area contributed by atoms with Gasteiger partial charge in [0, 0.05) is 18.7 Å². The van der Waals surface area contributed by atoms with Crippen LogP contribution in [0.3, 0.4) is 0 Å². The van der Waals surface area contributed by atoms with Gasteiger partial charge in [0.1, 0.15) is 5.76 Å². The van der Waals surface area contributed by atoms with Gasteiger partial charge in [0.15, 0.2) is 0 Å². The van der Waals surface area contributed by atoms with E-state index in [0.717, 1.165) is 37.6 Å². The number of nitrogens with one attached hydrogen (secondary N) is 2. The Morgan fingerprint density at radius 2 is 2.00 bits per heavy atom. The topological polar surface area (TPSA) is 57.1 Å². The third kappa shape index (κ3) is 3.74. The van der Waals surface area contributed by atoms with E-state index < -0.39 is 0 Å². The fraction of sp³-hybridized carbons (Fsp3) is 0.381. The first-order chi connectivity index (χ1) is 12.8. The fourth-order valence-electron chi connectivity index (χ4n) is 3.70. The van der Waals surface area contributed by atoms with E-state index in [9.17, 15) is 0 Å². The van der Waals surface area contributed by atoms with Crippen LogP contribution in [0.25, 0.3) is 11.3 Å². The lowest BCUT2D eigenvalue weighted by Crippen LogP contribution is -2.33. The Hall–Kier alpha value is -2.37. The molecular formula is C21H26N4O. The summed E-state index contributed by atoms with van der Waals surface area (Å²) in [7, 11) is 0. The Morgan fingerprint density at radius 1 is 1.19 bits per heavy atom. The van der Waals surface area contributed by atoms with Crippen molar-refractivity contribution in [2.75, 3.05) is 19.6 Å². The highest BCUT2D eigenvalue weighted by Gasteiger charge is 2.25. The summed E-state index contributed by atoms with van der Waals surface area (Å²) >= 11 is 0. The lowest BCUT2D eigenvalue weighted by atomic mass is 10.1. The van der Waals surface area contributed by atoms with Gasteiger partial charge < -0.3 is 9.73 Å². The van der Waals surface area contributed by atoms with Crippen LogP contribution in [-0.4, -0.2) is 34.7 Å². The minimum absolute atomic E-state index is 0.294. The highest BCUT2D eigenvalue weighted by molar-refractivity contribution is 5.62. The zero-order chi connectivity index (χ0) is 17.8. The van der Waals surface area contributed by atoms with E-state index in [2.05, 4.69) is 57.7 Å². The van der Waals surface area contributed by atoms with Gasteiger partial charge in [-0.3, -0.25) is 10.00 Å². The normalized spacial score (nSPS) is 16.2. The van der Waals surface area contributed by atoms with Gasteiger partial charge >= 0.3 is 0 Å². The number of aromatic nitrogens is 2. The van der Waals surface area contributed by atoms with Crippen LogP contribution in [-0.2, 0) is 6.54 Å². The number of H-pyrrole nitrogens is 1. The van der Waals surface area contributed by atoms with Gasteiger partial charge in [0.2, 0.25) is 0 Å². The maximum Gasteiger partial charge on any atom is 0.122 e. The molecule has 1 aliphatic rings. The predicted molar refractivity (Wildman–Crippen MR) is 103 cm³/mol. The molecule has 2 N–H and O–H groups in total. The maximum atomic E-state index is 5.70. The zero-order valence-electron chi connectivity index (χ0n) is 15.2. The first-order valence-electron chi connectivity index (χ1n) is 9.39. The average Bonchev–Trinajstić information content (AvgIpc) is 3.41. The molecule has 136 valence electrons. The van der Waals surface area contributed by atoms with E-state index in [1.54, 1.807) is 6.26 Å². The van der Waals surface area contributed by atoms with Crippen LogP contribution >= 0.6 is 0 Å². The highest BCUT2D eigenvalue weighted by Crippen LogP contribution is 2.26. The first-order valence-corrected chi connectivity index (χ1v) is 9.39. The maximum absolute atomic E-state index is 5.70.